The fourth-order valence-electron chi connectivity index (χ4n) is 2.76. The van der Waals surface area contributed by atoms with E-state index in [0.29, 0.717) is 16.5 Å². The molecule has 1 aliphatic rings. The third-order valence-corrected chi connectivity index (χ3v) is 4.21. The van der Waals surface area contributed by atoms with E-state index >= 15 is 0 Å². The number of nitrogens with one attached hydrogen (secondary N) is 1. The summed E-state index contributed by atoms with van der Waals surface area (Å²) in [5.74, 6) is -0.656. The van der Waals surface area contributed by atoms with Gasteiger partial charge < -0.3 is 10.4 Å². The summed E-state index contributed by atoms with van der Waals surface area (Å²) in [6.07, 6.45) is -3.92. The number of phenolic OH excluding ortho intramolecular Hbond substituents is 1. The molecule has 1 aliphatic heterocycles. The molecule has 1 saturated heterocycles. The molecule has 0 saturated carbocycles. The Hall–Kier alpha value is -0.790. The van der Waals surface area contributed by atoms with E-state index in [2.05, 4.69) is 26.1 Å². The van der Waals surface area contributed by atoms with Gasteiger partial charge in [0.25, 0.3) is 0 Å². The molecule has 118 valence electrons. The topological polar surface area (TPSA) is 35.5 Å². The molecule has 1 fully saturated rings. The van der Waals surface area contributed by atoms with Crippen molar-refractivity contribution in [2.45, 2.75) is 25.6 Å². The maximum Gasteiger partial charge on any atom is 0.420 e. The lowest BCUT2D eigenvalue weighted by atomic mass is 9.98. The minimum absolute atomic E-state index is 0.217. The second-order valence-electron chi connectivity index (χ2n) is 5.10. The van der Waals surface area contributed by atoms with Crippen LogP contribution >= 0.6 is 15.9 Å². The van der Waals surface area contributed by atoms with Crippen molar-refractivity contribution in [1.29, 1.82) is 0 Å². The van der Waals surface area contributed by atoms with Crippen LogP contribution in [0.25, 0.3) is 0 Å². The Balaban J connectivity index is 2.43. The lowest BCUT2D eigenvalue weighted by Gasteiger charge is -2.35. The Kier molecular flexibility index (Phi) is 5.16. The standard InChI is InChI=1S/C14H18BrF3N2O/c1-2-12(20-5-3-19-4-6-20)10-7-9(15)8-11(13(10)21)14(16,17)18/h7-8,12,19,21H,2-6H2,1H3/t12-/m1/s1. The Labute approximate surface area is 130 Å². The summed E-state index contributed by atoms with van der Waals surface area (Å²) in [6, 6.07) is 2.29. The van der Waals surface area contributed by atoms with Gasteiger partial charge in [-0.1, -0.05) is 22.9 Å². The van der Waals surface area contributed by atoms with Crippen LogP contribution in [0.3, 0.4) is 0 Å². The summed E-state index contributed by atoms with van der Waals surface area (Å²) in [4.78, 5) is 2.11. The zero-order chi connectivity index (χ0) is 15.6. The molecule has 1 atom stereocenters. The zero-order valence-corrected chi connectivity index (χ0v) is 13.3. The van der Waals surface area contributed by atoms with Crippen molar-refractivity contribution in [3.63, 3.8) is 0 Å². The smallest absolute Gasteiger partial charge is 0.420 e. The number of benzene rings is 1. The van der Waals surface area contributed by atoms with Gasteiger partial charge in [-0.3, -0.25) is 4.90 Å². The first kappa shape index (κ1) is 16.6. The second-order valence-corrected chi connectivity index (χ2v) is 6.01. The minimum Gasteiger partial charge on any atom is -0.507 e. The van der Waals surface area contributed by atoms with Gasteiger partial charge in [0.2, 0.25) is 0 Å². The van der Waals surface area contributed by atoms with Crippen molar-refractivity contribution in [2.75, 3.05) is 26.2 Å². The highest BCUT2D eigenvalue weighted by molar-refractivity contribution is 9.10. The molecule has 0 amide bonds. The predicted molar refractivity (Wildman–Crippen MR) is 78.3 cm³/mol. The molecule has 0 spiro atoms. The van der Waals surface area contributed by atoms with Crippen LogP contribution in [0.2, 0.25) is 0 Å². The Morgan fingerprint density at radius 3 is 2.48 bits per heavy atom. The van der Waals surface area contributed by atoms with Crippen LogP contribution < -0.4 is 5.32 Å². The molecule has 1 aromatic rings. The molecule has 7 heteroatoms. The third-order valence-electron chi connectivity index (χ3n) is 3.75. The molecule has 3 nitrogen and oxygen atoms in total. The Morgan fingerprint density at radius 1 is 1.33 bits per heavy atom. The summed E-state index contributed by atoms with van der Waals surface area (Å²) < 4.78 is 39.4. The monoisotopic (exact) mass is 366 g/mol. The van der Waals surface area contributed by atoms with E-state index in [-0.39, 0.29) is 6.04 Å². The van der Waals surface area contributed by atoms with Crippen molar-refractivity contribution in [3.8, 4) is 5.75 Å². The average molecular weight is 367 g/mol. The molecule has 0 radical (unpaired) electrons. The van der Waals surface area contributed by atoms with E-state index in [1.807, 2.05) is 6.92 Å². The summed E-state index contributed by atoms with van der Waals surface area (Å²) >= 11 is 3.12. The van der Waals surface area contributed by atoms with Gasteiger partial charge in [-0.15, -0.1) is 0 Å². The molecule has 2 rings (SSSR count). The molecule has 2 N–H and O–H groups in total. The fraction of sp³-hybridized carbons (Fsp3) is 0.571. The van der Waals surface area contributed by atoms with Gasteiger partial charge >= 0.3 is 6.18 Å². The Bertz CT molecular complexity index is 502. The predicted octanol–water partition coefficient (Wildman–Crippen LogP) is 3.53. The Morgan fingerprint density at radius 2 is 1.95 bits per heavy atom. The first-order valence-electron chi connectivity index (χ1n) is 6.89. The number of hydrogen-bond acceptors (Lipinski definition) is 3. The number of piperazine rings is 1. The summed E-state index contributed by atoms with van der Waals surface area (Å²) in [5, 5.41) is 13.3. The van der Waals surface area contributed by atoms with Gasteiger partial charge in [-0.2, -0.15) is 13.2 Å². The number of aromatic hydroxyl groups is 1. The van der Waals surface area contributed by atoms with Crippen molar-refractivity contribution in [3.05, 3.63) is 27.7 Å². The minimum atomic E-state index is -4.57. The zero-order valence-electron chi connectivity index (χ0n) is 11.7. The maximum absolute atomic E-state index is 13.0. The summed E-state index contributed by atoms with van der Waals surface area (Å²) in [7, 11) is 0. The molecule has 0 unspecified atom stereocenters. The van der Waals surface area contributed by atoms with Crippen molar-refractivity contribution < 1.29 is 18.3 Å². The highest BCUT2D eigenvalue weighted by Crippen LogP contribution is 2.43. The lowest BCUT2D eigenvalue weighted by molar-refractivity contribution is -0.138. The molecule has 0 bridgehead atoms. The molecule has 0 aliphatic carbocycles. The number of nitrogens with zero attached hydrogens (tertiary/aromatic N) is 1. The first-order valence-corrected chi connectivity index (χ1v) is 7.68. The second kappa shape index (κ2) is 6.54. The maximum atomic E-state index is 13.0. The number of alkyl halides is 3. The SMILES string of the molecule is CC[C@H](c1cc(Br)cc(C(F)(F)F)c1O)N1CCNCC1. The normalized spacial score (nSPS) is 18.7. The largest absolute Gasteiger partial charge is 0.507 e. The van der Waals surface area contributed by atoms with Crippen LogP contribution in [0.5, 0.6) is 5.75 Å². The van der Waals surface area contributed by atoms with E-state index in [1.54, 1.807) is 6.07 Å². The van der Waals surface area contributed by atoms with Crippen LogP contribution in [0.1, 0.15) is 30.5 Å². The highest BCUT2D eigenvalue weighted by Gasteiger charge is 2.36. The van der Waals surface area contributed by atoms with E-state index in [1.165, 1.54) is 0 Å². The van der Waals surface area contributed by atoms with Gasteiger partial charge in [0.05, 0.1) is 5.56 Å². The third kappa shape index (κ3) is 3.70. The molecule has 0 aromatic heterocycles. The lowest BCUT2D eigenvalue weighted by Crippen LogP contribution is -2.45. The number of halogens is 4. The summed E-state index contributed by atoms with van der Waals surface area (Å²) in [6.45, 7) is 5.03. The van der Waals surface area contributed by atoms with Gasteiger partial charge in [-0.25, -0.2) is 0 Å². The van der Waals surface area contributed by atoms with Gasteiger partial charge in [0.15, 0.2) is 0 Å². The van der Waals surface area contributed by atoms with E-state index in [9.17, 15) is 18.3 Å². The highest BCUT2D eigenvalue weighted by atomic mass is 79.9. The van der Waals surface area contributed by atoms with E-state index in [0.717, 1.165) is 32.2 Å². The summed E-state index contributed by atoms with van der Waals surface area (Å²) in [5.41, 5.74) is -0.651. The van der Waals surface area contributed by atoms with Crippen LogP contribution in [-0.2, 0) is 6.18 Å². The van der Waals surface area contributed by atoms with Crippen LogP contribution in [-0.4, -0.2) is 36.2 Å². The van der Waals surface area contributed by atoms with Crippen LogP contribution in [0.15, 0.2) is 16.6 Å². The molecule has 1 heterocycles. The molecular weight excluding hydrogens is 349 g/mol. The van der Waals surface area contributed by atoms with Gasteiger partial charge in [0, 0.05) is 42.3 Å². The van der Waals surface area contributed by atoms with Crippen molar-refractivity contribution in [1.82, 2.24) is 10.2 Å². The number of phenols is 1. The molecular formula is C14H18BrF3N2O. The van der Waals surface area contributed by atoms with Crippen LogP contribution in [0, 0.1) is 0 Å². The number of rotatable bonds is 3. The van der Waals surface area contributed by atoms with Crippen molar-refractivity contribution in [2.24, 2.45) is 0 Å². The fourth-order valence-corrected chi connectivity index (χ4v) is 3.23. The first-order chi connectivity index (χ1) is 9.84. The molecule has 1 aromatic carbocycles. The average Bonchev–Trinajstić information content (AvgIpc) is 2.43. The van der Waals surface area contributed by atoms with Crippen LogP contribution in [0.4, 0.5) is 13.2 Å². The quantitative estimate of drug-likeness (QED) is 0.858. The van der Waals surface area contributed by atoms with Gasteiger partial charge in [-0.05, 0) is 18.6 Å². The van der Waals surface area contributed by atoms with Gasteiger partial charge in [0.1, 0.15) is 5.75 Å². The number of hydrogen-bond donors (Lipinski definition) is 2. The molecule has 21 heavy (non-hydrogen) atoms. The van der Waals surface area contributed by atoms with Crippen molar-refractivity contribution >= 4 is 15.9 Å². The van der Waals surface area contributed by atoms with E-state index < -0.39 is 17.5 Å². The van der Waals surface area contributed by atoms with E-state index in [4.69, 9.17) is 0 Å².